The van der Waals surface area contributed by atoms with Crippen molar-refractivity contribution in [2.45, 2.75) is 5.88 Å². The van der Waals surface area contributed by atoms with Gasteiger partial charge in [-0.1, -0.05) is 0 Å². The Labute approximate surface area is 113 Å². The van der Waals surface area contributed by atoms with Gasteiger partial charge in [0.15, 0.2) is 0 Å². The van der Waals surface area contributed by atoms with Crippen molar-refractivity contribution < 1.29 is 14.6 Å². The molecule has 6 nitrogen and oxygen atoms in total. The normalized spacial score (nSPS) is 10.6. The molecule has 1 heterocycles. The third-order valence-corrected chi connectivity index (χ3v) is 3.40. The van der Waals surface area contributed by atoms with E-state index in [1.54, 1.807) is 25.3 Å². The summed E-state index contributed by atoms with van der Waals surface area (Å²) < 4.78 is 6.46. The highest BCUT2D eigenvalue weighted by molar-refractivity contribution is 7.98. The summed E-state index contributed by atoms with van der Waals surface area (Å²) in [5.41, 5.74) is 0.370. The molecule has 0 aliphatic heterocycles. The lowest BCUT2D eigenvalue weighted by Crippen LogP contribution is -2.20. The van der Waals surface area contributed by atoms with E-state index in [0.717, 1.165) is 11.8 Å². The number of aromatic nitrogens is 2. The summed E-state index contributed by atoms with van der Waals surface area (Å²) in [6.07, 6.45) is 1.42. The van der Waals surface area contributed by atoms with Crippen LogP contribution in [0.25, 0.3) is 10.9 Å². The highest BCUT2D eigenvalue weighted by atomic mass is 32.2. The van der Waals surface area contributed by atoms with Crippen molar-refractivity contribution in [1.29, 1.82) is 0 Å². The molecule has 0 atom stereocenters. The molecular formula is C12H12N2O4S. The summed E-state index contributed by atoms with van der Waals surface area (Å²) in [5, 5.41) is 9.04. The minimum Gasteiger partial charge on any atom is -0.497 e. The van der Waals surface area contributed by atoms with Gasteiger partial charge in [-0.25, -0.2) is 4.98 Å². The molecule has 2 rings (SSSR count). The van der Waals surface area contributed by atoms with Crippen LogP contribution in [0.1, 0.15) is 0 Å². The first kappa shape index (κ1) is 13.4. The van der Waals surface area contributed by atoms with Crippen LogP contribution >= 0.6 is 11.8 Å². The zero-order chi connectivity index (χ0) is 13.8. The minimum absolute atomic E-state index is 0.0485. The van der Waals surface area contributed by atoms with E-state index in [1.165, 1.54) is 10.9 Å². The maximum Gasteiger partial charge on any atom is 0.313 e. The fourth-order valence-electron chi connectivity index (χ4n) is 1.59. The number of thioether (sulfide) groups is 1. The van der Waals surface area contributed by atoms with E-state index in [1.807, 2.05) is 0 Å². The number of fused-ring (bicyclic) bond motifs is 1. The third kappa shape index (κ3) is 3.05. The highest BCUT2D eigenvalue weighted by Crippen LogP contribution is 2.16. The van der Waals surface area contributed by atoms with Gasteiger partial charge < -0.3 is 9.84 Å². The van der Waals surface area contributed by atoms with Gasteiger partial charge in [-0.05, 0) is 12.1 Å². The number of carboxylic acid groups (broad SMARTS) is 1. The second-order valence-corrected chi connectivity index (χ2v) is 4.73. The lowest BCUT2D eigenvalue weighted by molar-refractivity contribution is -0.133. The van der Waals surface area contributed by atoms with Crippen LogP contribution in [0.15, 0.2) is 29.3 Å². The molecule has 1 aromatic heterocycles. The predicted molar refractivity (Wildman–Crippen MR) is 72.6 cm³/mol. The molecule has 0 aliphatic carbocycles. The molecule has 7 heteroatoms. The molecule has 0 radical (unpaired) electrons. The van der Waals surface area contributed by atoms with Gasteiger partial charge in [0.05, 0.1) is 36.0 Å². The Morgan fingerprint density at radius 2 is 2.32 bits per heavy atom. The maximum absolute atomic E-state index is 12.1. The van der Waals surface area contributed by atoms with Crippen molar-refractivity contribution >= 4 is 28.6 Å². The second-order valence-electron chi connectivity index (χ2n) is 3.77. The number of rotatable bonds is 5. The summed E-state index contributed by atoms with van der Waals surface area (Å²) in [6.45, 7) is 0. The van der Waals surface area contributed by atoms with E-state index < -0.39 is 5.97 Å². The zero-order valence-electron chi connectivity index (χ0n) is 10.2. The van der Waals surface area contributed by atoms with Gasteiger partial charge >= 0.3 is 5.97 Å². The van der Waals surface area contributed by atoms with Crippen LogP contribution in [0.5, 0.6) is 5.75 Å². The van der Waals surface area contributed by atoms with Crippen molar-refractivity contribution in [3.8, 4) is 5.75 Å². The number of ether oxygens (including phenoxy) is 1. The van der Waals surface area contributed by atoms with Crippen molar-refractivity contribution in [3.05, 3.63) is 34.9 Å². The quantitative estimate of drug-likeness (QED) is 0.885. The average molecular weight is 280 g/mol. The van der Waals surface area contributed by atoms with E-state index in [-0.39, 0.29) is 17.2 Å². The van der Waals surface area contributed by atoms with Gasteiger partial charge in [0.2, 0.25) is 0 Å². The van der Waals surface area contributed by atoms with Gasteiger partial charge in [0.1, 0.15) is 5.75 Å². The van der Waals surface area contributed by atoms with Crippen molar-refractivity contribution in [3.63, 3.8) is 0 Å². The molecule has 2 aromatic rings. The average Bonchev–Trinajstić information content (AvgIpc) is 2.40. The Kier molecular flexibility index (Phi) is 4.06. The van der Waals surface area contributed by atoms with Gasteiger partial charge in [-0.15, -0.1) is 11.8 Å². The maximum atomic E-state index is 12.1. The van der Waals surface area contributed by atoms with Gasteiger partial charge in [-0.2, -0.15) is 0 Å². The van der Waals surface area contributed by atoms with Crippen LogP contribution in [0.3, 0.4) is 0 Å². The lowest BCUT2D eigenvalue weighted by atomic mass is 10.2. The predicted octanol–water partition coefficient (Wildman–Crippen LogP) is 1.18. The van der Waals surface area contributed by atoms with E-state index in [2.05, 4.69) is 4.98 Å². The van der Waals surface area contributed by atoms with E-state index in [0.29, 0.717) is 16.7 Å². The van der Waals surface area contributed by atoms with Gasteiger partial charge in [-0.3, -0.25) is 14.2 Å². The highest BCUT2D eigenvalue weighted by Gasteiger charge is 2.06. The number of carboxylic acids is 1. The molecule has 0 saturated carbocycles. The van der Waals surface area contributed by atoms with Gasteiger partial charge in [0, 0.05) is 6.07 Å². The molecule has 0 saturated heterocycles. The molecule has 0 amide bonds. The van der Waals surface area contributed by atoms with Crippen LogP contribution in [-0.4, -0.2) is 33.5 Å². The van der Waals surface area contributed by atoms with Crippen molar-refractivity contribution in [1.82, 2.24) is 9.55 Å². The van der Waals surface area contributed by atoms with E-state index in [9.17, 15) is 9.59 Å². The molecule has 0 aliphatic rings. The van der Waals surface area contributed by atoms with Crippen LogP contribution in [0.4, 0.5) is 0 Å². The van der Waals surface area contributed by atoms with Gasteiger partial charge in [0.25, 0.3) is 5.56 Å². The molecular weight excluding hydrogens is 268 g/mol. The van der Waals surface area contributed by atoms with Crippen molar-refractivity contribution in [2.75, 3.05) is 12.9 Å². The molecule has 1 N–H and O–H groups in total. The Morgan fingerprint density at radius 1 is 1.53 bits per heavy atom. The molecule has 0 fully saturated rings. The third-order valence-electron chi connectivity index (χ3n) is 2.49. The Hall–Kier alpha value is -2.02. The summed E-state index contributed by atoms with van der Waals surface area (Å²) in [7, 11) is 1.55. The van der Waals surface area contributed by atoms with Crippen LogP contribution in [0.2, 0.25) is 0 Å². The fraction of sp³-hybridized carbons (Fsp3) is 0.250. The number of hydrogen-bond donors (Lipinski definition) is 1. The van der Waals surface area contributed by atoms with Crippen molar-refractivity contribution in [2.24, 2.45) is 0 Å². The lowest BCUT2D eigenvalue weighted by Gasteiger charge is -2.06. The number of carbonyl (C=O) groups is 1. The first-order valence-corrected chi connectivity index (χ1v) is 6.60. The summed E-state index contributed by atoms with van der Waals surface area (Å²) in [5.74, 6) is -0.0540. The first-order chi connectivity index (χ1) is 9.11. The largest absolute Gasteiger partial charge is 0.497 e. The van der Waals surface area contributed by atoms with Crippen LogP contribution in [-0.2, 0) is 10.7 Å². The molecule has 0 spiro atoms. The number of nitrogens with zero attached hydrogens (tertiary/aromatic N) is 2. The Morgan fingerprint density at radius 3 is 3.00 bits per heavy atom. The molecule has 100 valence electrons. The number of methoxy groups -OCH3 is 1. The topological polar surface area (TPSA) is 81.4 Å². The number of hydrogen-bond acceptors (Lipinski definition) is 5. The second kappa shape index (κ2) is 5.75. The SMILES string of the molecule is COc1ccc2c(=O)n(CSCC(=O)O)cnc2c1. The molecule has 0 unspecified atom stereocenters. The smallest absolute Gasteiger partial charge is 0.313 e. The first-order valence-electron chi connectivity index (χ1n) is 5.44. The van der Waals surface area contributed by atoms with E-state index >= 15 is 0 Å². The van der Waals surface area contributed by atoms with Crippen LogP contribution < -0.4 is 10.3 Å². The molecule has 1 aromatic carbocycles. The molecule has 19 heavy (non-hydrogen) atoms. The fourth-order valence-corrected chi connectivity index (χ4v) is 2.23. The summed E-state index contributed by atoms with van der Waals surface area (Å²) in [4.78, 5) is 26.7. The minimum atomic E-state index is -0.906. The monoisotopic (exact) mass is 280 g/mol. The zero-order valence-corrected chi connectivity index (χ0v) is 11.0. The summed E-state index contributed by atoms with van der Waals surface area (Å²) in [6, 6.07) is 5.04. The van der Waals surface area contributed by atoms with Crippen LogP contribution in [0, 0.1) is 0 Å². The number of aliphatic carboxylic acids is 1. The standard InChI is InChI=1S/C12H12N2O4S/c1-18-8-2-3-9-10(4-8)13-6-14(12(9)17)7-19-5-11(15)16/h2-4,6H,5,7H2,1H3,(H,15,16). The summed E-state index contributed by atoms with van der Waals surface area (Å²) >= 11 is 1.14. The number of benzene rings is 1. The van der Waals surface area contributed by atoms with E-state index in [4.69, 9.17) is 9.84 Å². The molecule has 0 bridgehead atoms. The Bertz CT molecular complexity index is 668. The Balaban J connectivity index is 2.30.